The van der Waals surface area contributed by atoms with Crippen molar-refractivity contribution >= 4 is 22.1 Å². The van der Waals surface area contributed by atoms with Gasteiger partial charge in [-0.15, -0.1) is 0 Å². The minimum Gasteiger partial charge on any atom is -0.493 e. The molecule has 2 aromatic carbocycles. The number of carbonyl (C=O) groups is 1. The van der Waals surface area contributed by atoms with Gasteiger partial charge in [-0.2, -0.15) is 9.41 Å². The lowest BCUT2D eigenvalue weighted by Crippen LogP contribution is -2.50. The number of nitrogens with one attached hydrogen (secondary N) is 1. The highest BCUT2D eigenvalue weighted by Gasteiger charge is 2.29. The van der Waals surface area contributed by atoms with Gasteiger partial charge in [0.05, 0.1) is 39.0 Å². The van der Waals surface area contributed by atoms with Crippen molar-refractivity contribution in [3.63, 3.8) is 0 Å². The van der Waals surface area contributed by atoms with Crippen LogP contribution in [0.2, 0.25) is 0 Å². The second-order valence-electron chi connectivity index (χ2n) is 7.71. The highest BCUT2D eigenvalue weighted by Crippen LogP contribution is 2.38. The smallest absolute Gasteiger partial charge is 0.254 e. The van der Waals surface area contributed by atoms with Crippen LogP contribution in [0.1, 0.15) is 11.1 Å². The fraction of sp³-hybridized carbons (Fsp3) is 0.391. The molecule has 34 heavy (non-hydrogen) atoms. The molecule has 0 atom stereocenters. The average Bonchev–Trinajstić information content (AvgIpc) is 2.84. The summed E-state index contributed by atoms with van der Waals surface area (Å²) in [6, 6.07) is 10.3. The van der Waals surface area contributed by atoms with Crippen molar-refractivity contribution in [3.8, 4) is 17.2 Å². The van der Waals surface area contributed by atoms with E-state index < -0.39 is 10.0 Å². The Morgan fingerprint density at radius 1 is 0.971 bits per heavy atom. The van der Waals surface area contributed by atoms with Gasteiger partial charge in [0.1, 0.15) is 0 Å². The molecule has 0 bridgehead atoms. The molecule has 1 aliphatic heterocycles. The highest BCUT2D eigenvalue weighted by atomic mass is 32.2. The van der Waals surface area contributed by atoms with Crippen LogP contribution in [-0.4, -0.2) is 83.8 Å². The van der Waals surface area contributed by atoms with Gasteiger partial charge in [0, 0.05) is 31.7 Å². The summed E-state index contributed by atoms with van der Waals surface area (Å²) < 4.78 is 43.1. The van der Waals surface area contributed by atoms with E-state index in [1.165, 1.54) is 31.8 Å². The Morgan fingerprint density at radius 3 is 2.21 bits per heavy atom. The number of hydrogen-bond acceptors (Lipinski definition) is 8. The zero-order valence-corrected chi connectivity index (χ0v) is 20.6. The Morgan fingerprint density at radius 2 is 1.62 bits per heavy atom. The van der Waals surface area contributed by atoms with E-state index in [9.17, 15) is 13.2 Å². The van der Waals surface area contributed by atoms with Crippen LogP contribution in [0, 0.1) is 6.92 Å². The van der Waals surface area contributed by atoms with Crippen molar-refractivity contribution in [1.82, 2.24) is 14.6 Å². The van der Waals surface area contributed by atoms with Crippen molar-refractivity contribution in [3.05, 3.63) is 47.5 Å². The molecule has 1 N–H and O–H groups in total. The first kappa shape index (κ1) is 25.5. The second kappa shape index (κ2) is 11.3. The van der Waals surface area contributed by atoms with E-state index >= 15 is 0 Å². The number of rotatable bonds is 9. The van der Waals surface area contributed by atoms with Crippen LogP contribution in [0.15, 0.2) is 46.4 Å². The third-order valence-corrected chi connectivity index (χ3v) is 7.40. The normalized spacial score (nSPS) is 15.3. The van der Waals surface area contributed by atoms with Gasteiger partial charge in [-0.1, -0.05) is 17.7 Å². The number of hydrazone groups is 1. The van der Waals surface area contributed by atoms with E-state index in [2.05, 4.69) is 10.5 Å². The van der Waals surface area contributed by atoms with Crippen molar-refractivity contribution in [1.29, 1.82) is 0 Å². The number of piperazine rings is 1. The van der Waals surface area contributed by atoms with E-state index in [-0.39, 0.29) is 17.3 Å². The molecule has 10 nitrogen and oxygen atoms in total. The number of ether oxygens (including phenoxy) is 3. The van der Waals surface area contributed by atoms with Gasteiger partial charge in [-0.05, 0) is 31.2 Å². The largest absolute Gasteiger partial charge is 0.493 e. The topological polar surface area (TPSA) is 110 Å². The maximum absolute atomic E-state index is 12.8. The molecule has 1 saturated heterocycles. The van der Waals surface area contributed by atoms with Crippen LogP contribution in [0.4, 0.5) is 0 Å². The van der Waals surface area contributed by atoms with Gasteiger partial charge in [0.25, 0.3) is 5.91 Å². The Kier molecular flexibility index (Phi) is 8.48. The molecular weight excluding hydrogens is 460 g/mol. The van der Waals surface area contributed by atoms with Gasteiger partial charge in [-0.3, -0.25) is 9.69 Å². The van der Waals surface area contributed by atoms with Crippen LogP contribution >= 0.6 is 0 Å². The first-order valence-electron chi connectivity index (χ1n) is 10.7. The third kappa shape index (κ3) is 5.85. The molecule has 0 unspecified atom stereocenters. The van der Waals surface area contributed by atoms with Gasteiger partial charge in [0.2, 0.25) is 15.8 Å². The minimum atomic E-state index is -3.54. The number of methoxy groups -OCH3 is 3. The minimum absolute atomic E-state index is 0.110. The molecule has 3 rings (SSSR count). The first-order chi connectivity index (χ1) is 16.3. The molecule has 1 heterocycles. The summed E-state index contributed by atoms with van der Waals surface area (Å²) in [6.07, 6.45) is 1.46. The predicted octanol–water partition coefficient (Wildman–Crippen LogP) is 1.48. The van der Waals surface area contributed by atoms with Crippen molar-refractivity contribution in [2.75, 3.05) is 54.1 Å². The van der Waals surface area contributed by atoms with Crippen LogP contribution in [-0.2, 0) is 14.8 Å². The molecule has 0 radical (unpaired) electrons. The van der Waals surface area contributed by atoms with Gasteiger partial charge in [-0.25, -0.2) is 13.8 Å². The van der Waals surface area contributed by atoms with E-state index in [4.69, 9.17) is 14.2 Å². The summed E-state index contributed by atoms with van der Waals surface area (Å²) in [5.41, 5.74) is 4.11. The standard InChI is InChI=1S/C23H30N4O6S/c1-17-5-8-19(9-6-17)34(29,30)27-13-11-26(12-14-27)16-21(28)25-24-15-18-7-10-20(31-2)23(33-4)22(18)32-3/h5-10,15H,11-14,16H2,1-4H3,(H,25,28)/b24-15-. The van der Waals surface area contributed by atoms with Crippen LogP contribution < -0.4 is 19.6 Å². The molecule has 184 valence electrons. The number of amides is 1. The van der Waals surface area contributed by atoms with Crippen molar-refractivity contribution in [2.45, 2.75) is 11.8 Å². The van der Waals surface area contributed by atoms with Crippen molar-refractivity contribution < 1.29 is 27.4 Å². The fourth-order valence-electron chi connectivity index (χ4n) is 3.63. The molecule has 1 amide bonds. The van der Waals surface area contributed by atoms with Gasteiger partial charge in [0.15, 0.2) is 11.5 Å². The summed E-state index contributed by atoms with van der Waals surface area (Å²) in [7, 11) is 1.00. The Hall–Kier alpha value is -3.15. The predicted molar refractivity (Wildman–Crippen MR) is 128 cm³/mol. The molecule has 2 aromatic rings. The Balaban J connectivity index is 1.53. The molecule has 0 aliphatic carbocycles. The van der Waals surface area contributed by atoms with Gasteiger partial charge < -0.3 is 14.2 Å². The van der Waals surface area contributed by atoms with Gasteiger partial charge >= 0.3 is 0 Å². The summed E-state index contributed by atoms with van der Waals surface area (Å²) in [4.78, 5) is 14.5. The summed E-state index contributed by atoms with van der Waals surface area (Å²) in [5, 5.41) is 4.01. The van der Waals surface area contributed by atoms with Crippen LogP contribution in [0.5, 0.6) is 17.2 Å². The first-order valence-corrected chi connectivity index (χ1v) is 12.1. The number of hydrogen-bond donors (Lipinski definition) is 1. The summed E-state index contributed by atoms with van der Waals surface area (Å²) in [5.74, 6) is 1.08. The average molecular weight is 491 g/mol. The SMILES string of the molecule is COc1ccc(/C=N\NC(=O)CN2CCN(S(=O)(=O)c3ccc(C)cc3)CC2)c(OC)c1OC. The van der Waals surface area contributed by atoms with E-state index in [1.807, 2.05) is 11.8 Å². The van der Waals surface area contributed by atoms with E-state index in [0.717, 1.165) is 5.56 Å². The number of carbonyl (C=O) groups excluding carboxylic acids is 1. The lowest BCUT2D eigenvalue weighted by Gasteiger charge is -2.33. The summed E-state index contributed by atoms with van der Waals surface area (Å²) >= 11 is 0. The monoisotopic (exact) mass is 490 g/mol. The zero-order chi connectivity index (χ0) is 24.7. The number of sulfonamides is 1. The molecule has 0 saturated carbocycles. The van der Waals surface area contributed by atoms with Crippen molar-refractivity contribution in [2.24, 2.45) is 5.10 Å². The number of benzene rings is 2. The third-order valence-electron chi connectivity index (χ3n) is 5.48. The molecule has 0 spiro atoms. The lowest BCUT2D eigenvalue weighted by atomic mass is 10.2. The Labute approximate surface area is 200 Å². The number of aryl methyl sites for hydroxylation is 1. The summed E-state index contributed by atoms with van der Waals surface area (Å²) in [6.45, 7) is 3.55. The maximum atomic E-state index is 12.8. The molecule has 11 heteroatoms. The highest BCUT2D eigenvalue weighted by molar-refractivity contribution is 7.89. The van der Waals surface area contributed by atoms with E-state index in [0.29, 0.717) is 49.0 Å². The Bertz CT molecular complexity index is 1130. The molecular formula is C23H30N4O6S. The zero-order valence-electron chi connectivity index (χ0n) is 19.8. The van der Waals surface area contributed by atoms with E-state index in [1.54, 1.807) is 36.4 Å². The lowest BCUT2D eigenvalue weighted by molar-refractivity contribution is -0.122. The van der Waals surface area contributed by atoms with Crippen LogP contribution in [0.3, 0.4) is 0 Å². The molecule has 1 aliphatic rings. The number of nitrogens with zero attached hydrogens (tertiary/aromatic N) is 3. The maximum Gasteiger partial charge on any atom is 0.254 e. The molecule has 0 aromatic heterocycles. The quantitative estimate of drug-likeness (QED) is 0.419. The molecule has 1 fully saturated rings. The fourth-order valence-corrected chi connectivity index (χ4v) is 5.05. The van der Waals surface area contributed by atoms with Crippen LogP contribution in [0.25, 0.3) is 0 Å². The second-order valence-corrected chi connectivity index (χ2v) is 9.65.